The smallest absolute Gasteiger partial charge is 0.417 e. The predicted octanol–water partition coefficient (Wildman–Crippen LogP) is 1.91. The second kappa shape index (κ2) is 6.10. The number of aliphatic carboxylic acids is 1. The molecule has 1 rings (SSSR count). The highest BCUT2D eigenvalue weighted by Gasteiger charge is 2.35. The second-order valence-electron chi connectivity index (χ2n) is 3.82. The molecule has 1 unspecified atom stereocenters. The van der Waals surface area contributed by atoms with Crippen molar-refractivity contribution in [2.75, 3.05) is 0 Å². The molecule has 1 aromatic carbocycles. The van der Waals surface area contributed by atoms with Crippen molar-refractivity contribution in [1.82, 2.24) is 5.32 Å². The molecular weight excluding hydrogens is 275 g/mol. The summed E-state index contributed by atoms with van der Waals surface area (Å²) in [6.45, 7) is 0. The highest BCUT2D eigenvalue weighted by molar-refractivity contribution is 5.98. The number of carboxylic acid groups (broad SMARTS) is 1. The molecule has 0 radical (unpaired) electrons. The Kier molecular flexibility index (Phi) is 4.75. The summed E-state index contributed by atoms with van der Waals surface area (Å²) in [4.78, 5) is 22.6. The summed E-state index contributed by atoms with van der Waals surface area (Å²) in [6.07, 6.45) is -0.0976. The number of nitrogens with one attached hydrogen (secondary N) is 1. The number of amides is 1. The lowest BCUT2D eigenvalue weighted by molar-refractivity contribution is -0.139. The minimum atomic E-state index is -4.71. The fraction of sp³-hybridized carbons (Fsp3) is 0.231. The van der Waals surface area contributed by atoms with Crippen molar-refractivity contribution in [1.29, 1.82) is 0 Å². The van der Waals surface area contributed by atoms with Gasteiger partial charge in [0, 0.05) is 6.42 Å². The molecule has 0 aliphatic rings. The summed E-state index contributed by atoms with van der Waals surface area (Å²) in [5.41, 5.74) is -1.79. The number of alkyl halides is 3. The Morgan fingerprint density at radius 3 is 2.45 bits per heavy atom. The van der Waals surface area contributed by atoms with Gasteiger partial charge in [-0.1, -0.05) is 12.1 Å². The van der Waals surface area contributed by atoms with Gasteiger partial charge >= 0.3 is 12.1 Å². The molecule has 0 aromatic heterocycles. The first kappa shape index (κ1) is 15.6. The molecule has 4 nitrogen and oxygen atoms in total. The predicted molar refractivity (Wildman–Crippen MR) is 63.8 cm³/mol. The van der Waals surface area contributed by atoms with Crippen molar-refractivity contribution in [3.63, 3.8) is 0 Å². The molecule has 1 atom stereocenters. The average molecular weight is 285 g/mol. The second-order valence-corrected chi connectivity index (χ2v) is 3.82. The zero-order valence-electron chi connectivity index (χ0n) is 10.1. The van der Waals surface area contributed by atoms with Crippen LogP contribution in [0.15, 0.2) is 24.3 Å². The van der Waals surface area contributed by atoms with E-state index in [9.17, 15) is 22.8 Å². The van der Waals surface area contributed by atoms with E-state index in [0.717, 1.165) is 18.2 Å². The summed E-state index contributed by atoms with van der Waals surface area (Å²) in [5.74, 6) is -0.521. The lowest BCUT2D eigenvalue weighted by atomic mass is 10.1. The Morgan fingerprint density at radius 1 is 1.35 bits per heavy atom. The number of hydrogen-bond donors (Lipinski definition) is 2. The average Bonchev–Trinajstić information content (AvgIpc) is 2.37. The third kappa shape index (κ3) is 3.75. The number of halogens is 3. The van der Waals surface area contributed by atoms with E-state index in [1.165, 1.54) is 6.07 Å². The van der Waals surface area contributed by atoms with E-state index in [2.05, 4.69) is 0 Å². The standard InChI is InChI=1S/C13H10F3NO3/c1-2-5-10(12(19)20)17-11(18)8-6-3-4-7-9(8)13(14,15)16/h1,3-4,6-7,10H,5H2,(H,17,18)(H,19,20). The third-order valence-corrected chi connectivity index (χ3v) is 2.40. The maximum atomic E-state index is 12.7. The van der Waals surface area contributed by atoms with Gasteiger partial charge in [-0.3, -0.25) is 4.79 Å². The van der Waals surface area contributed by atoms with Gasteiger partial charge in [0.2, 0.25) is 0 Å². The van der Waals surface area contributed by atoms with Gasteiger partial charge in [-0.15, -0.1) is 12.3 Å². The number of carbonyl (C=O) groups excluding carboxylic acids is 1. The maximum absolute atomic E-state index is 12.7. The van der Waals surface area contributed by atoms with E-state index in [1.807, 2.05) is 11.2 Å². The summed E-state index contributed by atoms with van der Waals surface area (Å²) in [6, 6.07) is 2.66. The van der Waals surface area contributed by atoms with Gasteiger partial charge in [0.05, 0.1) is 11.1 Å². The molecule has 7 heteroatoms. The van der Waals surface area contributed by atoms with Gasteiger partial charge in [-0.05, 0) is 12.1 Å². The molecule has 0 fully saturated rings. The highest BCUT2D eigenvalue weighted by atomic mass is 19.4. The quantitative estimate of drug-likeness (QED) is 0.830. The fourth-order valence-corrected chi connectivity index (χ4v) is 1.48. The molecule has 1 amide bonds. The molecule has 1 aromatic rings. The molecule has 0 spiro atoms. The maximum Gasteiger partial charge on any atom is 0.417 e. The number of benzene rings is 1. The van der Waals surface area contributed by atoms with Crippen LogP contribution in [0.3, 0.4) is 0 Å². The number of rotatable bonds is 4. The largest absolute Gasteiger partial charge is 0.480 e. The summed E-state index contributed by atoms with van der Waals surface area (Å²) < 4.78 is 38.2. The molecule has 0 saturated carbocycles. The van der Waals surface area contributed by atoms with Crippen molar-refractivity contribution < 1.29 is 27.9 Å². The van der Waals surface area contributed by atoms with Crippen LogP contribution in [0.1, 0.15) is 22.3 Å². The van der Waals surface area contributed by atoms with E-state index in [1.54, 1.807) is 0 Å². The van der Waals surface area contributed by atoms with Crippen molar-refractivity contribution in [3.05, 3.63) is 35.4 Å². The van der Waals surface area contributed by atoms with Gasteiger partial charge in [0.1, 0.15) is 6.04 Å². The minimum Gasteiger partial charge on any atom is -0.480 e. The number of terminal acetylenes is 1. The molecule has 0 bridgehead atoms. The van der Waals surface area contributed by atoms with Crippen LogP contribution in [-0.4, -0.2) is 23.0 Å². The minimum absolute atomic E-state index is 0.324. The first-order valence-electron chi connectivity index (χ1n) is 5.40. The molecular formula is C13H10F3NO3. The molecule has 0 saturated heterocycles. The van der Waals surface area contributed by atoms with E-state index in [0.29, 0.717) is 0 Å². The topological polar surface area (TPSA) is 66.4 Å². The van der Waals surface area contributed by atoms with Gasteiger partial charge in [0.15, 0.2) is 0 Å². The number of carboxylic acids is 1. The Bertz CT molecular complexity index is 561. The van der Waals surface area contributed by atoms with E-state index < -0.39 is 35.2 Å². The monoisotopic (exact) mass is 285 g/mol. The van der Waals surface area contributed by atoms with Crippen LogP contribution < -0.4 is 5.32 Å². The zero-order chi connectivity index (χ0) is 15.3. The van der Waals surface area contributed by atoms with Gasteiger partial charge in [-0.25, -0.2) is 4.79 Å². The van der Waals surface area contributed by atoms with Crippen molar-refractivity contribution in [3.8, 4) is 12.3 Å². The van der Waals surface area contributed by atoms with Crippen molar-refractivity contribution in [2.45, 2.75) is 18.6 Å². The molecule has 20 heavy (non-hydrogen) atoms. The van der Waals surface area contributed by atoms with E-state index >= 15 is 0 Å². The molecule has 106 valence electrons. The Morgan fingerprint density at radius 2 is 1.95 bits per heavy atom. The van der Waals surface area contributed by atoms with Crippen LogP contribution in [0.2, 0.25) is 0 Å². The van der Waals surface area contributed by atoms with E-state index in [-0.39, 0.29) is 6.42 Å². The highest BCUT2D eigenvalue weighted by Crippen LogP contribution is 2.31. The fourth-order valence-electron chi connectivity index (χ4n) is 1.48. The first-order valence-corrected chi connectivity index (χ1v) is 5.40. The van der Waals surface area contributed by atoms with Crippen molar-refractivity contribution in [2.24, 2.45) is 0 Å². The lowest BCUT2D eigenvalue weighted by Gasteiger charge is -2.15. The Balaban J connectivity index is 3.05. The van der Waals surface area contributed by atoms with E-state index in [4.69, 9.17) is 11.5 Å². The van der Waals surface area contributed by atoms with Crippen LogP contribution in [0, 0.1) is 12.3 Å². The summed E-state index contributed by atoms with van der Waals surface area (Å²) in [5, 5.41) is 10.8. The van der Waals surface area contributed by atoms with Crippen LogP contribution in [-0.2, 0) is 11.0 Å². The van der Waals surface area contributed by atoms with Crippen LogP contribution in [0.25, 0.3) is 0 Å². The van der Waals surface area contributed by atoms with Crippen LogP contribution in [0.5, 0.6) is 0 Å². The van der Waals surface area contributed by atoms with Gasteiger partial charge < -0.3 is 10.4 Å². The zero-order valence-corrected chi connectivity index (χ0v) is 10.1. The summed E-state index contributed by atoms with van der Waals surface area (Å²) in [7, 11) is 0. The Labute approximate surface area is 112 Å². The molecule has 0 aliphatic carbocycles. The van der Waals surface area contributed by atoms with Crippen LogP contribution >= 0.6 is 0 Å². The first-order chi connectivity index (χ1) is 9.27. The number of carbonyl (C=O) groups is 2. The van der Waals surface area contributed by atoms with Crippen molar-refractivity contribution >= 4 is 11.9 Å². The number of hydrogen-bond acceptors (Lipinski definition) is 2. The third-order valence-electron chi connectivity index (χ3n) is 2.40. The normalized spacial score (nSPS) is 12.3. The van der Waals surface area contributed by atoms with Crippen LogP contribution in [0.4, 0.5) is 13.2 Å². The van der Waals surface area contributed by atoms with Gasteiger partial charge in [0.25, 0.3) is 5.91 Å². The molecule has 0 aliphatic heterocycles. The molecule has 2 N–H and O–H groups in total. The van der Waals surface area contributed by atoms with Gasteiger partial charge in [-0.2, -0.15) is 13.2 Å². The SMILES string of the molecule is C#CCC(NC(=O)c1ccccc1C(F)(F)F)C(=O)O. The molecule has 0 heterocycles. The lowest BCUT2D eigenvalue weighted by Crippen LogP contribution is -2.41. The summed E-state index contributed by atoms with van der Waals surface area (Å²) >= 11 is 0. The Hall–Kier alpha value is -2.49.